The van der Waals surface area contributed by atoms with Gasteiger partial charge in [-0.2, -0.15) is 0 Å². The van der Waals surface area contributed by atoms with Crippen LogP contribution in [0.4, 0.5) is 5.82 Å². The number of nitrogens with two attached hydrogens (primary N) is 1. The standard InChI is InChI=1S/C13H16N2/c1-3-15-9-11(8-13(15)14)12-7-5-4-6-10(12)2/h4-9H,3,14H2,1-2H3. The molecule has 2 aromatic rings. The molecule has 15 heavy (non-hydrogen) atoms. The topological polar surface area (TPSA) is 30.9 Å². The van der Waals surface area contributed by atoms with Crippen LogP contribution in [0.25, 0.3) is 11.1 Å². The van der Waals surface area contributed by atoms with Crippen molar-refractivity contribution in [2.24, 2.45) is 0 Å². The molecule has 2 N–H and O–H groups in total. The van der Waals surface area contributed by atoms with Crippen molar-refractivity contribution in [3.05, 3.63) is 42.1 Å². The van der Waals surface area contributed by atoms with E-state index < -0.39 is 0 Å². The molecule has 0 saturated heterocycles. The summed E-state index contributed by atoms with van der Waals surface area (Å²) in [7, 11) is 0. The number of benzene rings is 1. The van der Waals surface area contributed by atoms with Crippen LogP contribution in [0.3, 0.4) is 0 Å². The predicted molar refractivity (Wildman–Crippen MR) is 64.7 cm³/mol. The monoisotopic (exact) mass is 200 g/mol. The molecule has 0 bridgehead atoms. The summed E-state index contributed by atoms with van der Waals surface area (Å²) in [5, 5.41) is 0. The normalized spacial score (nSPS) is 10.5. The van der Waals surface area contributed by atoms with Crippen LogP contribution in [0.1, 0.15) is 12.5 Å². The number of anilines is 1. The van der Waals surface area contributed by atoms with Gasteiger partial charge in [0.25, 0.3) is 0 Å². The van der Waals surface area contributed by atoms with E-state index in [1.165, 1.54) is 16.7 Å². The minimum Gasteiger partial charge on any atom is -0.385 e. The van der Waals surface area contributed by atoms with Gasteiger partial charge in [-0.05, 0) is 31.0 Å². The first kappa shape index (κ1) is 9.84. The number of nitrogen functional groups attached to an aromatic ring is 1. The van der Waals surface area contributed by atoms with E-state index in [1.807, 2.05) is 6.07 Å². The summed E-state index contributed by atoms with van der Waals surface area (Å²) >= 11 is 0. The van der Waals surface area contributed by atoms with Crippen molar-refractivity contribution in [3.8, 4) is 11.1 Å². The average molecular weight is 200 g/mol. The Morgan fingerprint density at radius 3 is 2.60 bits per heavy atom. The zero-order valence-corrected chi connectivity index (χ0v) is 9.20. The molecular weight excluding hydrogens is 184 g/mol. The largest absolute Gasteiger partial charge is 0.385 e. The molecule has 0 fully saturated rings. The maximum atomic E-state index is 5.90. The summed E-state index contributed by atoms with van der Waals surface area (Å²) in [5.41, 5.74) is 9.65. The summed E-state index contributed by atoms with van der Waals surface area (Å²) in [4.78, 5) is 0. The van der Waals surface area contributed by atoms with Crippen LogP contribution >= 0.6 is 0 Å². The summed E-state index contributed by atoms with van der Waals surface area (Å²) in [6.45, 7) is 5.13. The molecule has 0 amide bonds. The molecular formula is C13H16N2. The van der Waals surface area contributed by atoms with Crippen LogP contribution in [-0.4, -0.2) is 4.57 Å². The van der Waals surface area contributed by atoms with Gasteiger partial charge in [-0.25, -0.2) is 0 Å². The van der Waals surface area contributed by atoms with Crippen molar-refractivity contribution >= 4 is 5.82 Å². The van der Waals surface area contributed by atoms with Crippen LogP contribution in [-0.2, 0) is 6.54 Å². The Morgan fingerprint density at radius 1 is 1.27 bits per heavy atom. The van der Waals surface area contributed by atoms with Gasteiger partial charge in [0.05, 0.1) is 0 Å². The predicted octanol–water partition coefficient (Wildman–Crippen LogP) is 3.07. The molecule has 0 spiro atoms. The van der Waals surface area contributed by atoms with Crippen molar-refractivity contribution in [1.82, 2.24) is 4.57 Å². The molecule has 1 aromatic heterocycles. The fourth-order valence-corrected chi connectivity index (χ4v) is 1.84. The third-order valence-corrected chi connectivity index (χ3v) is 2.73. The number of aryl methyl sites for hydroxylation is 2. The van der Waals surface area contributed by atoms with Gasteiger partial charge in [-0.1, -0.05) is 24.3 Å². The van der Waals surface area contributed by atoms with Crippen LogP contribution in [0, 0.1) is 6.92 Å². The van der Waals surface area contributed by atoms with E-state index in [1.54, 1.807) is 0 Å². The quantitative estimate of drug-likeness (QED) is 0.793. The number of hydrogen-bond acceptors (Lipinski definition) is 1. The fraction of sp³-hybridized carbons (Fsp3) is 0.231. The maximum Gasteiger partial charge on any atom is 0.103 e. The van der Waals surface area contributed by atoms with E-state index in [0.717, 1.165) is 12.4 Å². The molecule has 78 valence electrons. The SMILES string of the molecule is CCn1cc(-c2ccccc2C)cc1N. The van der Waals surface area contributed by atoms with Crippen molar-refractivity contribution < 1.29 is 0 Å². The van der Waals surface area contributed by atoms with Gasteiger partial charge in [0.15, 0.2) is 0 Å². The lowest BCUT2D eigenvalue weighted by Gasteiger charge is -2.01. The van der Waals surface area contributed by atoms with Gasteiger partial charge >= 0.3 is 0 Å². The van der Waals surface area contributed by atoms with E-state index >= 15 is 0 Å². The van der Waals surface area contributed by atoms with Crippen molar-refractivity contribution in [1.29, 1.82) is 0 Å². The lowest BCUT2D eigenvalue weighted by molar-refractivity contribution is 0.780. The highest BCUT2D eigenvalue weighted by molar-refractivity contribution is 5.69. The van der Waals surface area contributed by atoms with Gasteiger partial charge < -0.3 is 10.3 Å². The van der Waals surface area contributed by atoms with Crippen LogP contribution in [0.2, 0.25) is 0 Å². The minimum atomic E-state index is 0.829. The smallest absolute Gasteiger partial charge is 0.103 e. The zero-order chi connectivity index (χ0) is 10.8. The van der Waals surface area contributed by atoms with Crippen molar-refractivity contribution in [2.45, 2.75) is 20.4 Å². The number of aromatic nitrogens is 1. The van der Waals surface area contributed by atoms with Gasteiger partial charge in [0, 0.05) is 18.3 Å². The lowest BCUT2D eigenvalue weighted by Crippen LogP contribution is -1.97. The Hall–Kier alpha value is -1.70. The lowest BCUT2D eigenvalue weighted by atomic mass is 10.0. The van der Waals surface area contributed by atoms with E-state index in [4.69, 9.17) is 5.73 Å². The Kier molecular flexibility index (Phi) is 2.50. The molecule has 0 aliphatic rings. The highest BCUT2D eigenvalue weighted by Crippen LogP contribution is 2.26. The summed E-state index contributed by atoms with van der Waals surface area (Å²) in [6, 6.07) is 10.4. The first-order valence-corrected chi connectivity index (χ1v) is 5.24. The fourth-order valence-electron chi connectivity index (χ4n) is 1.84. The summed E-state index contributed by atoms with van der Waals surface area (Å²) in [5.74, 6) is 0.829. The number of nitrogens with zero attached hydrogens (tertiary/aromatic N) is 1. The van der Waals surface area contributed by atoms with Gasteiger partial charge in [-0.3, -0.25) is 0 Å². The third kappa shape index (κ3) is 1.75. The maximum absolute atomic E-state index is 5.90. The Morgan fingerprint density at radius 2 is 2.00 bits per heavy atom. The molecule has 0 aliphatic heterocycles. The second kappa shape index (κ2) is 3.81. The van der Waals surface area contributed by atoms with Crippen molar-refractivity contribution in [3.63, 3.8) is 0 Å². The molecule has 2 rings (SSSR count). The molecule has 0 unspecified atom stereocenters. The molecule has 1 aromatic carbocycles. The van der Waals surface area contributed by atoms with E-state index in [2.05, 4.69) is 48.9 Å². The van der Waals surface area contributed by atoms with Crippen LogP contribution in [0.15, 0.2) is 36.5 Å². The van der Waals surface area contributed by atoms with E-state index in [0.29, 0.717) is 0 Å². The highest BCUT2D eigenvalue weighted by Gasteiger charge is 2.05. The Labute approximate surface area is 90.3 Å². The molecule has 1 heterocycles. The second-order valence-corrected chi connectivity index (χ2v) is 3.75. The van der Waals surface area contributed by atoms with Crippen LogP contribution in [0.5, 0.6) is 0 Å². The summed E-state index contributed by atoms with van der Waals surface area (Å²) < 4.78 is 2.06. The Bertz CT molecular complexity index is 469. The first-order valence-electron chi connectivity index (χ1n) is 5.24. The van der Waals surface area contributed by atoms with Crippen LogP contribution < -0.4 is 5.73 Å². The first-order chi connectivity index (χ1) is 7.22. The molecule has 0 saturated carbocycles. The molecule has 2 heteroatoms. The molecule has 0 radical (unpaired) electrons. The number of hydrogen-bond donors (Lipinski definition) is 1. The molecule has 0 atom stereocenters. The summed E-state index contributed by atoms with van der Waals surface area (Å²) in [6.07, 6.45) is 2.11. The van der Waals surface area contributed by atoms with Gasteiger partial charge in [-0.15, -0.1) is 0 Å². The third-order valence-electron chi connectivity index (χ3n) is 2.73. The number of rotatable bonds is 2. The zero-order valence-electron chi connectivity index (χ0n) is 9.20. The van der Waals surface area contributed by atoms with E-state index in [9.17, 15) is 0 Å². The van der Waals surface area contributed by atoms with Crippen molar-refractivity contribution in [2.75, 3.05) is 5.73 Å². The molecule has 0 aliphatic carbocycles. The average Bonchev–Trinajstić information content (AvgIpc) is 2.60. The molecule has 2 nitrogen and oxygen atoms in total. The highest BCUT2D eigenvalue weighted by atomic mass is 15.0. The van der Waals surface area contributed by atoms with Gasteiger partial charge in [0.2, 0.25) is 0 Å². The van der Waals surface area contributed by atoms with Gasteiger partial charge in [0.1, 0.15) is 5.82 Å². The second-order valence-electron chi connectivity index (χ2n) is 3.75. The van der Waals surface area contributed by atoms with E-state index in [-0.39, 0.29) is 0 Å². The Balaban J connectivity index is 2.50. The minimum absolute atomic E-state index is 0.829.